The number of hydrogen-bond acceptors (Lipinski definition) is 7. The molecule has 3 N–H and O–H groups in total. The van der Waals surface area contributed by atoms with Crippen LogP contribution in [0.4, 0.5) is 4.79 Å². The molecule has 0 aromatic heterocycles. The Morgan fingerprint density at radius 2 is 1.20 bits per heavy atom. The summed E-state index contributed by atoms with van der Waals surface area (Å²) >= 11 is 0. The van der Waals surface area contributed by atoms with E-state index in [0.29, 0.717) is 6.42 Å². The first-order chi connectivity index (χ1) is 22.2. The lowest BCUT2D eigenvalue weighted by Gasteiger charge is -2.26. The van der Waals surface area contributed by atoms with Gasteiger partial charge in [-0.05, 0) is 29.0 Å². The molecule has 0 aliphatic rings. The highest BCUT2D eigenvalue weighted by atomic mass is 16.5. The van der Waals surface area contributed by atoms with Gasteiger partial charge in [0.1, 0.15) is 18.7 Å². The van der Waals surface area contributed by atoms with Crippen molar-refractivity contribution in [3.8, 4) is 0 Å². The van der Waals surface area contributed by atoms with Gasteiger partial charge in [-0.25, -0.2) is 9.59 Å². The normalized spacial score (nSPS) is 13.3. The van der Waals surface area contributed by atoms with E-state index in [-0.39, 0.29) is 44.0 Å². The Bertz CT molecular complexity index is 1420. The van der Waals surface area contributed by atoms with Crippen molar-refractivity contribution in [2.75, 3.05) is 7.11 Å². The molecule has 0 saturated heterocycles. The number of alkyl carbamates (subject to hydrolysis) is 1. The molecule has 0 bridgehead atoms. The number of carbonyl (C=O) groups excluding carboxylic acids is 5. The number of benzene rings is 3. The number of methoxy groups -OCH3 is 1. The minimum atomic E-state index is -0.948. The van der Waals surface area contributed by atoms with E-state index >= 15 is 0 Å². The van der Waals surface area contributed by atoms with Crippen LogP contribution in [0.5, 0.6) is 0 Å². The standard InChI is InChI=1S/C36H43N3O7/c1-4-25(2)33(34(42)37-30(35(43)45-3)23-27-16-10-6-11-17-27)39-32(41)21-20-31(40)29(22-26-14-8-5-9-15-26)38-36(44)46-24-28-18-12-7-13-19-28/h5-19,25,29-30,33H,4,20-24H2,1-3H3,(H,37,42)(H,38,44)(H,39,41)/t25?,29-,30-,33-/m0/s1. The Hall–Kier alpha value is -4.99. The van der Waals surface area contributed by atoms with Gasteiger partial charge in [-0.3, -0.25) is 14.4 Å². The van der Waals surface area contributed by atoms with Gasteiger partial charge in [0.2, 0.25) is 11.8 Å². The fourth-order valence-corrected chi connectivity index (χ4v) is 4.81. The van der Waals surface area contributed by atoms with Crippen molar-refractivity contribution in [3.63, 3.8) is 0 Å². The molecule has 46 heavy (non-hydrogen) atoms. The fraction of sp³-hybridized carbons (Fsp3) is 0.361. The van der Waals surface area contributed by atoms with E-state index < -0.39 is 42.0 Å². The molecule has 4 atom stereocenters. The maximum atomic E-state index is 13.4. The summed E-state index contributed by atoms with van der Waals surface area (Å²) in [7, 11) is 1.25. The maximum absolute atomic E-state index is 13.4. The molecule has 0 fully saturated rings. The van der Waals surface area contributed by atoms with E-state index in [9.17, 15) is 24.0 Å². The largest absolute Gasteiger partial charge is 0.467 e. The topological polar surface area (TPSA) is 140 Å². The van der Waals surface area contributed by atoms with Crippen molar-refractivity contribution in [2.24, 2.45) is 5.92 Å². The van der Waals surface area contributed by atoms with Crippen molar-refractivity contribution in [1.82, 2.24) is 16.0 Å². The number of nitrogens with one attached hydrogen (secondary N) is 3. The molecular weight excluding hydrogens is 586 g/mol. The molecule has 1 unspecified atom stereocenters. The number of carbonyl (C=O) groups is 5. The lowest BCUT2D eigenvalue weighted by Crippen LogP contribution is -2.54. The number of ketones is 1. The zero-order chi connectivity index (χ0) is 33.3. The SMILES string of the molecule is CCC(C)[C@H](NC(=O)CCC(=O)[C@H](Cc1ccccc1)NC(=O)OCc1ccccc1)C(=O)N[C@@H](Cc1ccccc1)C(=O)OC. The fourth-order valence-electron chi connectivity index (χ4n) is 4.81. The van der Waals surface area contributed by atoms with Gasteiger partial charge < -0.3 is 25.4 Å². The summed E-state index contributed by atoms with van der Waals surface area (Å²) < 4.78 is 10.2. The van der Waals surface area contributed by atoms with Gasteiger partial charge >= 0.3 is 12.1 Å². The summed E-state index contributed by atoms with van der Waals surface area (Å²) in [5.74, 6) is -2.24. The first-order valence-corrected chi connectivity index (χ1v) is 15.5. The van der Waals surface area contributed by atoms with E-state index in [1.54, 1.807) is 0 Å². The molecule has 10 nitrogen and oxygen atoms in total. The van der Waals surface area contributed by atoms with Gasteiger partial charge in [0, 0.05) is 19.3 Å². The lowest BCUT2D eigenvalue weighted by molar-refractivity contribution is -0.145. The zero-order valence-corrected chi connectivity index (χ0v) is 26.6. The van der Waals surface area contributed by atoms with Crippen LogP contribution in [0, 0.1) is 5.92 Å². The third-order valence-electron chi connectivity index (χ3n) is 7.67. The van der Waals surface area contributed by atoms with Crippen LogP contribution in [0.25, 0.3) is 0 Å². The molecule has 3 aromatic rings. The summed E-state index contributed by atoms with van der Waals surface area (Å²) in [6.45, 7) is 3.75. The number of hydrogen-bond donors (Lipinski definition) is 3. The van der Waals surface area contributed by atoms with Crippen molar-refractivity contribution in [2.45, 2.75) is 70.7 Å². The average molecular weight is 630 g/mol. The predicted octanol–water partition coefficient (Wildman–Crippen LogP) is 4.30. The Morgan fingerprint density at radius 1 is 0.674 bits per heavy atom. The second kappa shape index (κ2) is 18.7. The number of rotatable bonds is 17. The molecular formula is C36H43N3O7. The van der Waals surface area contributed by atoms with Crippen molar-refractivity contribution >= 4 is 29.7 Å². The van der Waals surface area contributed by atoms with E-state index in [1.165, 1.54) is 7.11 Å². The average Bonchev–Trinajstić information content (AvgIpc) is 3.08. The third-order valence-corrected chi connectivity index (χ3v) is 7.67. The highest BCUT2D eigenvalue weighted by Crippen LogP contribution is 2.12. The monoisotopic (exact) mass is 629 g/mol. The highest BCUT2D eigenvalue weighted by Gasteiger charge is 2.31. The highest BCUT2D eigenvalue weighted by molar-refractivity contribution is 5.93. The van der Waals surface area contributed by atoms with Gasteiger partial charge in [0.25, 0.3) is 0 Å². The molecule has 3 rings (SSSR count). The van der Waals surface area contributed by atoms with Gasteiger partial charge in [-0.15, -0.1) is 0 Å². The third kappa shape index (κ3) is 11.8. The number of esters is 1. The van der Waals surface area contributed by atoms with Crippen molar-refractivity contribution in [1.29, 1.82) is 0 Å². The van der Waals surface area contributed by atoms with E-state index in [2.05, 4.69) is 16.0 Å². The molecule has 0 aliphatic heterocycles. The molecule has 10 heteroatoms. The second-order valence-electron chi connectivity index (χ2n) is 11.1. The molecule has 0 aliphatic carbocycles. The van der Waals surface area contributed by atoms with Crippen LogP contribution in [0.3, 0.4) is 0 Å². The van der Waals surface area contributed by atoms with Gasteiger partial charge in [0.05, 0.1) is 13.2 Å². The Morgan fingerprint density at radius 3 is 1.72 bits per heavy atom. The lowest BCUT2D eigenvalue weighted by atomic mass is 9.96. The first kappa shape index (κ1) is 35.5. The molecule has 3 amide bonds. The van der Waals surface area contributed by atoms with Crippen molar-refractivity contribution < 1.29 is 33.4 Å². The van der Waals surface area contributed by atoms with Gasteiger partial charge in [-0.1, -0.05) is 111 Å². The smallest absolute Gasteiger partial charge is 0.408 e. The summed E-state index contributed by atoms with van der Waals surface area (Å²) in [5, 5.41) is 8.14. The Kier molecular flexibility index (Phi) is 14.5. The first-order valence-electron chi connectivity index (χ1n) is 15.5. The summed E-state index contributed by atoms with van der Waals surface area (Å²) in [5.41, 5.74) is 2.47. The summed E-state index contributed by atoms with van der Waals surface area (Å²) in [6, 6.07) is 24.8. The quantitative estimate of drug-likeness (QED) is 0.189. The van der Waals surface area contributed by atoms with E-state index in [4.69, 9.17) is 9.47 Å². The van der Waals surface area contributed by atoms with Crippen LogP contribution < -0.4 is 16.0 Å². The second-order valence-corrected chi connectivity index (χ2v) is 11.1. The number of Topliss-reactive ketones (excluding diaryl/α,β-unsaturated/α-hetero) is 1. The van der Waals surface area contributed by atoms with Crippen LogP contribution >= 0.6 is 0 Å². The molecule has 0 radical (unpaired) electrons. The molecule has 0 saturated carbocycles. The van der Waals surface area contributed by atoms with Crippen LogP contribution in [-0.4, -0.2) is 54.9 Å². The predicted molar refractivity (Wildman–Crippen MR) is 173 cm³/mol. The minimum absolute atomic E-state index is 0.0442. The van der Waals surface area contributed by atoms with Gasteiger partial charge in [-0.2, -0.15) is 0 Å². The zero-order valence-electron chi connectivity index (χ0n) is 26.6. The van der Waals surface area contributed by atoms with E-state index in [1.807, 2.05) is 105 Å². The summed E-state index contributed by atoms with van der Waals surface area (Å²) in [4.78, 5) is 64.9. The number of amides is 3. The molecule has 0 heterocycles. The summed E-state index contributed by atoms with van der Waals surface area (Å²) in [6.07, 6.45) is -0.0979. The van der Waals surface area contributed by atoms with Crippen molar-refractivity contribution in [3.05, 3.63) is 108 Å². The molecule has 3 aromatic carbocycles. The number of ether oxygens (including phenoxy) is 2. The Labute approximate surface area is 270 Å². The van der Waals surface area contributed by atoms with Crippen LogP contribution in [0.1, 0.15) is 49.8 Å². The molecule has 244 valence electrons. The van der Waals surface area contributed by atoms with Crippen LogP contribution in [0.15, 0.2) is 91.0 Å². The van der Waals surface area contributed by atoms with Gasteiger partial charge in [0.15, 0.2) is 5.78 Å². The maximum Gasteiger partial charge on any atom is 0.408 e. The molecule has 0 spiro atoms. The Balaban J connectivity index is 1.62. The van der Waals surface area contributed by atoms with Crippen LogP contribution in [0.2, 0.25) is 0 Å². The minimum Gasteiger partial charge on any atom is -0.467 e. The van der Waals surface area contributed by atoms with Crippen LogP contribution in [-0.2, 0) is 48.1 Å². The van der Waals surface area contributed by atoms with E-state index in [0.717, 1.165) is 16.7 Å².